The number of hydrogen-bond donors (Lipinski definition) is 3. The first kappa shape index (κ1) is 22.7. The summed E-state index contributed by atoms with van der Waals surface area (Å²) in [6.07, 6.45) is 6.41. The highest BCUT2D eigenvalue weighted by molar-refractivity contribution is 6.33. The van der Waals surface area contributed by atoms with Gasteiger partial charge in [-0.1, -0.05) is 32.4 Å². The molecule has 3 fully saturated rings. The van der Waals surface area contributed by atoms with E-state index >= 15 is 0 Å². The summed E-state index contributed by atoms with van der Waals surface area (Å²) in [4.78, 5) is 29.1. The molecule has 0 radical (unpaired) electrons. The van der Waals surface area contributed by atoms with Crippen LogP contribution in [0.25, 0.3) is 0 Å². The molecular formula is C23H30ClN5O3. The zero-order valence-electron chi connectivity index (χ0n) is 18.8. The van der Waals surface area contributed by atoms with Crippen LogP contribution < -0.4 is 16.2 Å². The fraction of sp³-hybridized carbons (Fsp3) is 0.565. The Morgan fingerprint density at radius 1 is 1.38 bits per heavy atom. The smallest absolute Gasteiger partial charge is 0.288 e. The number of nitrogens with one attached hydrogen (secondary N) is 2. The molecule has 172 valence electrons. The first-order valence-electron chi connectivity index (χ1n) is 11.0. The van der Waals surface area contributed by atoms with Crippen molar-refractivity contribution >= 4 is 23.2 Å². The number of aromatic nitrogens is 3. The molecule has 2 heterocycles. The van der Waals surface area contributed by atoms with Crippen LogP contribution in [0.2, 0.25) is 5.02 Å². The second kappa shape index (κ2) is 8.15. The van der Waals surface area contributed by atoms with Crippen molar-refractivity contribution in [2.75, 3.05) is 5.32 Å². The highest BCUT2D eigenvalue weighted by Crippen LogP contribution is 2.63. The van der Waals surface area contributed by atoms with E-state index in [4.69, 9.17) is 11.6 Å². The van der Waals surface area contributed by atoms with E-state index in [2.05, 4.69) is 34.6 Å². The minimum absolute atomic E-state index is 0.00134. The second-order valence-corrected chi connectivity index (χ2v) is 10.2. The highest BCUT2D eigenvalue weighted by atomic mass is 35.5. The predicted octanol–water partition coefficient (Wildman–Crippen LogP) is 2.97. The lowest BCUT2D eigenvalue weighted by molar-refractivity contribution is -0.194. The van der Waals surface area contributed by atoms with Gasteiger partial charge in [-0.2, -0.15) is 5.10 Å². The number of rotatable bonds is 6. The van der Waals surface area contributed by atoms with E-state index in [1.165, 1.54) is 6.20 Å². The maximum atomic E-state index is 12.7. The predicted molar refractivity (Wildman–Crippen MR) is 122 cm³/mol. The van der Waals surface area contributed by atoms with Crippen molar-refractivity contribution in [3.8, 4) is 0 Å². The van der Waals surface area contributed by atoms with E-state index in [0.717, 1.165) is 16.7 Å². The molecule has 9 heteroatoms. The average Bonchev–Trinajstić information content (AvgIpc) is 2.75. The van der Waals surface area contributed by atoms with Crippen molar-refractivity contribution < 1.29 is 9.90 Å². The van der Waals surface area contributed by atoms with Crippen molar-refractivity contribution in [3.05, 3.63) is 51.7 Å². The first-order chi connectivity index (χ1) is 15.0. The highest BCUT2D eigenvalue weighted by Gasteiger charge is 2.61. The number of anilines is 1. The Kier molecular flexibility index (Phi) is 5.79. The molecule has 5 rings (SSSR count). The number of nitrogens with zero attached hydrogens (tertiary/aromatic N) is 3. The molecule has 0 aromatic carbocycles. The lowest BCUT2D eigenvalue weighted by Crippen LogP contribution is -2.65. The van der Waals surface area contributed by atoms with Gasteiger partial charge >= 0.3 is 0 Å². The topological polar surface area (TPSA) is 109 Å². The summed E-state index contributed by atoms with van der Waals surface area (Å²) in [5.41, 5.74) is -0.334. The van der Waals surface area contributed by atoms with Gasteiger partial charge in [0.25, 0.3) is 5.56 Å². The molecule has 3 aliphatic rings. The molecule has 2 bridgehead atoms. The van der Waals surface area contributed by atoms with Crippen molar-refractivity contribution in [2.24, 2.45) is 23.2 Å². The van der Waals surface area contributed by atoms with E-state index in [-0.39, 0.29) is 40.5 Å². The van der Waals surface area contributed by atoms with Crippen molar-refractivity contribution in [1.82, 2.24) is 20.1 Å². The average molecular weight is 460 g/mol. The molecular weight excluding hydrogens is 430 g/mol. The zero-order valence-corrected chi connectivity index (χ0v) is 19.6. The Bertz CT molecular complexity index is 1070. The summed E-state index contributed by atoms with van der Waals surface area (Å²) in [7, 11) is 0. The Morgan fingerprint density at radius 3 is 2.69 bits per heavy atom. The summed E-state index contributed by atoms with van der Waals surface area (Å²) >= 11 is 6.33. The quantitative estimate of drug-likeness (QED) is 0.573. The molecule has 3 saturated carbocycles. The Balaban J connectivity index is 1.45. The van der Waals surface area contributed by atoms with E-state index < -0.39 is 11.3 Å². The number of pyridine rings is 1. The van der Waals surface area contributed by atoms with Gasteiger partial charge in [-0.25, -0.2) is 4.68 Å². The molecule has 3 aliphatic carbocycles. The van der Waals surface area contributed by atoms with Crippen molar-refractivity contribution in [2.45, 2.75) is 58.8 Å². The number of hydrogen-bond acceptors (Lipinski definition) is 6. The van der Waals surface area contributed by atoms with Gasteiger partial charge in [-0.3, -0.25) is 14.6 Å². The monoisotopic (exact) mass is 459 g/mol. The molecule has 0 spiro atoms. The van der Waals surface area contributed by atoms with Crippen LogP contribution in [0.5, 0.6) is 0 Å². The first-order valence-corrected chi connectivity index (χ1v) is 11.4. The standard InChI is InChI=1S/C23H30ClN5O3/c1-13-17-9-16(22(17,3)4)10-23(13,32)28-18-11-26-29(21(31)20(18)24)12-19(30)27-14(2)15-5-7-25-8-6-15/h5-8,11,13-14,16-17,28,32H,9-10,12H2,1-4H3,(H,27,30)/t13-,14?,16-,17+,23?/m1/s1. The van der Waals surface area contributed by atoms with Gasteiger partial charge in [0.15, 0.2) is 0 Å². The van der Waals surface area contributed by atoms with Crippen LogP contribution in [0.4, 0.5) is 5.69 Å². The molecule has 5 atom stereocenters. The third-order valence-electron chi connectivity index (χ3n) is 7.67. The van der Waals surface area contributed by atoms with E-state index in [1.807, 2.05) is 26.0 Å². The molecule has 2 aromatic rings. The largest absolute Gasteiger partial charge is 0.371 e. The van der Waals surface area contributed by atoms with Gasteiger partial charge in [-0.05, 0) is 54.7 Å². The van der Waals surface area contributed by atoms with E-state index in [1.54, 1.807) is 12.4 Å². The number of carbonyl (C=O) groups is 1. The fourth-order valence-electron chi connectivity index (χ4n) is 5.37. The van der Waals surface area contributed by atoms with Crippen LogP contribution in [0.1, 0.15) is 52.1 Å². The Hall–Kier alpha value is -2.45. The van der Waals surface area contributed by atoms with Crippen molar-refractivity contribution in [3.63, 3.8) is 0 Å². The number of amides is 1. The van der Waals surface area contributed by atoms with E-state index in [0.29, 0.717) is 18.3 Å². The van der Waals surface area contributed by atoms with Crippen LogP contribution in [0, 0.1) is 23.2 Å². The van der Waals surface area contributed by atoms with Crippen LogP contribution in [0.3, 0.4) is 0 Å². The van der Waals surface area contributed by atoms with Crippen LogP contribution in [-0.2, 0) is 11.3 Å². The van der Waals surface area contributed by atoms with Gasteiger partial charge in [-0.15, -0.1) is 0 Å². The molecule has 8 nitrogen and oxygen atoms in total. The van der Waals surface area contributed by atoms with Crippen LogP contribution in [0.15, 0.2) is 35.5 Å². The van der Waals surface area contributed by atoms with Crippen LogP contribution >= 0.6 is 11.6 Å². The number of fused-ring (bicyclic) bond motifs is 2. The molecule has 0 saturated heterocycles. The zero-order chi connectivity index (χ0) is 23.3. The minimum atomic E-state index is -1.15. The fourth-order valence-corrected chi connectivity index (χ4v) is 5.56. The van der Waals surface area contributed by atoms with Gasteiger partial charge in [0.1, 0.15) is 17.3 Å². The molecule has 0 aliphatic heterocycles. The van der Waals surface area contributed by atoms with Gasteiger partial charge in [0.05, 0.1) is 17.9 Å². The molecule has 32 heavy (non-hydrogen) atoms. The minimum Gasteiger partial charge on any atom is -0.371 e. The lowest BCUT2D eigenvalue weighted by Gasteiger charge is -2.64. The van der Waals surface area contributed by atoms with Gasteiger partial charge in [0.2, 0.25) is 5.91 Å². The van der Waals surface area contributed by atoms with Gasteiger partial charge < -0.3 is 15.7 Å². The number of halogens is 1. The summed E-state index contributed by atoms with van der Waals surface area (Å²) in [6, 6.07) is 3.39. The van der Waals surface area contributed by atoms with Crippen LogP contribution in [-0.4, -0.2) is 31.5 Å². The summed E-state index contributed by atoms with van der Waals surface area (Å²) in [6.45, 7) is 8.12. The molecule has 2 unspecified atom stereocenters. The van der Waals surface area contributed by atoms with Crippen molar-refractivity contribution in [1.29, 1.82) is 0 Å². The third kappa shape index (κ3) is 3.90. The maximum absolute atomic E-state index is 12.7. The Labute approximate surface area is 192 Å². The SMILES string of the molecule is CC(NC(=O)Cn1ncc(NC2(O)C[C@H]3C[C@@H]([C@H]2C)C3(C)C)c(Cl)c1=O)c1ccncc1. The normalized spacial score (nSPS) is 29.0. The maximum Gasteiger partial charge on any atom is 0.288 e. The molecule has 2 aromatic heterocycles. The lowest BCUT2D eigenvalue weighted by atomic mass is 9.44. The van der Waals surface area contributed by atoms with E-state index in [9.17, 15) is 14.7 Å². The Morgan fingerprint density at radius 2 is 2.06 bits per heavy atom. The molecule has 3 N–H and O–H groups in total. The number of carbonyl (C=O) groups excluding carboxylic acids is 1. The summed E-state index contributed by atoms with van der Waals surface area (Å²) < 4.78 is 1.02. The summed E-state index contributed by atoms with van der Waals surface area (Å²) in [5, 5.41) is 21.2. The summed E-state index contributed by atoms with van der Waals surface area (Å²) in [5.74, 6) is 0.459. The molecule has 1 amide bonds. The van der Waals surface area contributed by atoms with Gasteiger partial charge in [0, 0.05) is 18.3 Å². The second-order valence-electron chi connectivity index (χ2n) is 9.81. The number of aliphatic hydroxyl groups is 1. The third-order valence-corrected chi connectivity index (χ3v) is 8.04.